The average Bonchev–Trinajstić information content (AvgIpc) is 2.46. The minimum absolute atomic E-state index is 0.499. The first kappa shape index (κ1) is 13.2. The molecule has 1 saturated heterocycles. The van der Waals surface area contributed by atoms with Crippen LogP contribution in [0, 0.1) is 5.92 Å². The van der Waals surface area contributed by atoms with Gasteiger partial charge in [-0.15, -0.1) is 0 Å². The van der Waals surface area contributed by atoms with Crippen molar-refractivity contribution in [1.29, 1.82) is 0 Å². The number of rotatable bonds is 2. The maximum absolute atomic E-state index is 6.41. The molecule has 2 unspecified atom stereocenters. The van der Waals surface area contributed by atoms with Crippen molar-refractivity contribution in [2.75, 3.05) is 11.4 Å². The molecule has 1 aliphatic heterocycles. The minimum Gasteiger partial charge on any atom is -0.352 e. The van der Waals surface area contributed by atoms with E-state index in [-0.39, 0.29) is 0 Å². The highest BCUT2D eigenvalue weighted by atomic mass is 35.5. The Morgan fingerprint density at radius 2 is 2.05 bits per heavy atom. The van der Waals surface area contributed by atoms with E-state index in [2.05, 4.69) is 9.88 Å². The Morgan fingerprint density at radius 1 is 1.26 bits per heavy atom. The standard InChI is InChI=1S/C15H22ClN3/c16-13-8-11(9-17)10-18-15(13)19-7-3-5-12-4-1-2-6-14(12)19/h8,10,12,14H,1-7,9,17H2. The van der Waals surface area contributed by atoms with Crippen molar-refractivity contribution >= 4 is 17.4 Å². The zero-order chi connectivity index (χ0) is 13.2. The van der Waals surface area contributed by atoms with E-state index in [9.17, 15) is 0 Å². The van der Waals surface area contributed by atoms with Gasteiger partial charge < -0.3 is 10.6 Å². The number of pyridine rings is 1. The molecular formula is C15H22ClN3. The van der Waals surface area contributed by atoms with Gasteiger partial charge in [-0.1, -0.05) is 24.4 Å². The molecule has 19 heavy (non-hydrogen) atoms. The first-order chi connectivity index (χ1) is 9.29. The van der Waals surface area contributed by atoms with Gasteiger partial charge in [0, 0.05) is 25.3 Å². The summed E-state index contributed by atoms with van der Waals surface area (Å²) in [6.45, 7) is 1.59. The number of aromatic nitrogens is 1. The molecule has 1 aromatic rings. The molecule has 3 nitrogen and oxygen atoms in total. The fourth-order valence-corrected chi connectivity index (χ4v) is 3.98. The highest BCUT2D eigenvalue weighted by Gasteiger charge is 2.34. The summed E-state index contributed by atoms with van der Waals surface area (Å²) in [5, 5.41) is 0.758. The molecular weight excluding hydrogens is 258 g/mol. The maximum Gasteiger partial charge on any atom is 0.147 e. The summed E-state index contributed by atoms with van der Waals surface area (Å²) in [5.41, 5.74) is 6.65. The van der Waals surface area contributed by atoms with Crippen molar-refractivity contribution in [3.8, 4) is 0 Å². The molecule has 1 saturated carbocycles. The Bertz CT molecular complexity index is 447. The molecule has 1 aliphatic carbocycles. The predicted octanol–water partition coefficient (Wildman–Crippen LogP) is 3.35. The van der Waals surface area contributed by atoms with Crippen LogP contribution in [0.1, 0.15) is 44.1 Å². The lowest BCUT2D eigenvalue weighted by atomic mass is 9.78. The molecule has 1 aromatic heterocycles. The van der Waals surface area contributed by atoms with Crippen LogP contribution in [0.25, 0.3) is 0 Å². The second-order valence-electron chi connectivity index (χ2n) is 5.80. The van der Waals surface area contributed by atoms with Crippen LogP contribution in [0.5, 0.6) is 0 Å². The summed E-state index contributed by atoms with van der Waals surface area (Å²) < 4.78 is 0. The Labute approximate surface area is 120 Å². The number of hydrogen-bond donors (Lipinski definition) is 1. The quantitative estimate of drug-likeness (QED) is 0.903. The van der Waals surface area contributed by atoms with Crippen LogP contribution in [0.4, 0.5) is 5.82 Å². The highest BCUT2D eigenvalue weighted by Crippen LogP contribution is 2.39. The second kappa shape index (κ2) is 5.68. The SMILES string of the molecule is NCc1cnc(N2CCCC3CCCCC32)c(Cl)c1. The number of hydrogen-bond acceptors (Lipinski definition) is 3. The molecule has 104 valence electrons. The van der Waals surface area contributed by atoms with Crippen molar-refractivity contribution in [2.45, 2.75) is 51.1 Å². The van der Waals surface area contributed by atoms with Gasteiger partial charge in [-0.2, -0.15) is 0 Å². The van der Waals surface area contributed by atoms with Crippen LogP contribution < -0.4 is 10.6 Å². The van der Waals surface area contributed by atoms with Gasteiger partial charge in [-0.05, 0) is 43.2 Å². The fraction of sp³-hybridized carbons (Fsp3) is 0.667. The van der Waals surface area contributed by atoms with E-state index in [1.807, 2.05) is 12.3 Å². The molecule has 4 heteroatoms. The number of halogens is 1. The number of anilines is 1. The van der Waals surface area contributed by atoms with Gasteiger partial charge in [0.15, 0.2) is 0 Å². The van der Waals surface area contributed by atoms with Crippen LogP contribution >= 0.6 is 11.6 Å². The summed E-state index contributed by atoms with van der Waals surface area (Å²) in [6, 6.07) is 2.62. The highest BCUT2D eigenvalue weighted by molar-refractivity contribution is 6.33. The first-order valence-corrected chi connectivity index (χ1v) is 7.78. The van der Waals surface area contributed by atoms with E-state index in [0.29, 0.717) is 12.6 Å². The number of nitrogens with two attached hydrogens (primary N) is 1. The molecule has 2 fully saturated rings. The Morgan fingerprint density at radius 3 is 2.84 bits per heavy atom. The summed E-state index contributed by atoms with van der Waals surface area (Å²) in [7, 11) is 0. The Balaban J connectivity index is 1.87. The van der Waals surface area contributed by atoms with Crippen molar-refractivity contribution in [2.24, 2.45) is 11.7 Å². The number of piperidine rings is 1. The lowest BCUT2D eigenvalue weighted by Gasteiger charge is -2.45. The zero-order valence-corrected chi connectivity index (χ0v) is 12.1. The van der Waals surface area contributed by atoms with Crippen LogP contribution in [0.3, 0.4) is 0 Å². The van der Waals surface area contributed by atoms with Crippen LogP contribution in [-0.4, -0.2) is 17.6 Å². The van der Waals surface area contributed by atoms with Gasteiger partial charge in [0.25, 0.3) is 0 Å². The van der Waals surface area contributed by atoms with E-state index in [1.165, 1.54) is 38.5 Å². The van der Waals surface area contributed by atoms with Crippen LogP contribution in [-0.2, 0) is 6.54 Å². The van der Waals surface area contributed by atoms with Crippen molar-refractivity contribution in [3.63, 3.8) is 0 Å². The third-order valence-electron chi connectivity index (χ3n) is 4.63. The normalized spacial score (nSPS) is 27.2. The van der Waals surface area contributed by atoms with Crippen LogP contribution in [0.15, 0.2) is 12.3 Å². The Kier molecular flexibility index (Phi) is 3.94. The van der Waals surface area contributed by atoms with Crippen LogP contribution in [0.2, 0.25) is 5.02 Å². The van der Waals surface area contributed by atoms with Gasteiger partial charge in [0.1, 0.15) is 5.82 Å². The smallest absolute Gasteiger partial charge is 0.147 e. The van der Waals surface area contributed by atoms with E-state index in [1.54, 1.807) is 0 Å². The van der Waals surface area contributed by atoms with Gasteiger partial charge in [-0.25, -0.2) is 4.98 Å². The van der Waals surface area contributed by atoms with Gasteiger partial charge in [0.05, 0.1) is 5.02 Å². The summed E-state index contributed by atoms with van der Waals surface area (Å²) in [6.07, 6.45) is 9.91. The van der Waals surface area contributed by atoms with E-state index >= 15 is 0 Å². The lowest BCUT2D eigenvalue weighted by Crippen LogP contribution is -2.47. The van der Waals surface area contributed by atoms with E-state index < -0.39 is 0 Å². The molecule has 3 rings (SSSR count). The summed E-state index contributed by atoms with van der Waals surface area (Å²) in [4.78, 5) is 7.03. The zero-order valence-electron chi connectivity index (χ0n) is 11.3. The second-order valence-corrected chi connectivity index (χ2v) is 6.21. The summed E-state index contributed by atoms with van der Waals surface area (Å²) in [5.74, 6) is 1.81. The molecule has 0 spiro atoms. The van der Waals surface area contributed by atoms with Crippen molar-refractivity contribution in [3.05, 3.63) is 22.8 Å². The first-order valence-electron chi connectivity index (χ1n) is 7.40. The molecule has 2 N–H and O–H groups in total. The fourth-order valence-electron chi connectivity index (χ4n) is 3.68. The predicted molar refractivity (Wildman–Crippen MR) is 79.5 cm³/mol. The van der Waals surface area contributed by atoms with Gasteiger partial charge >= 0.3 is 0 Å². The third kappa shape index (κ3) is 2.59. The van der Waals surface area contributed by atoms with Crippen molar-refractivity contribution in [1.82, 2.24) is 4.98 Å². The third-order valence-corrected chi connectivity index (χ3v) is 4.91. The molecule has 2 heterocycles. The minimum atomic E-state index is 0.499. The number of nitrogens with zero attached hydrogens (tertiary/aromatic N) is 2. The largest absolute Gasteiger partial charge is 0.352 e. The van der Waals surface area contributed by atoms with Gasteiger partial charge in [0.2, 0.25) is 0 Å². The molecule has 0 amide bonds. The molecule has 2 aliphatic rings. The van der Waals surface area contributed by atoms with E-state index in [0.717, 1.165) is 28.9 Å². The van der Waals surface area contributed by atoms with Crippen molar-refractivity contribution < 1.29 is 0 Å². The topological polar surface area (TPSA) is 42.1 Å². The molecule has 0 radical (unpaired) electrons. The summed E-state index contributed by atoms with van der Waals surface area (Å²) >= 11 is 6.41. The number of fused-ring (bicyclic) bond motifs is 1. The van der Waals surface area contributed by atoms with E-state index in [4.69, 9.17) is 17.3 Å². The molecule has 0 aromatic carbocycles. The lowest BCUT2D eigenvalue weighted by molar-refractivity contribution is 0.243. The average molecular weight is 280 g/mol. The monoisotopic (exact) mass is 279 g/mol. The maximum atomic E-state index is 6.41. The molecule has 0 bridgehead atoms. The Hall–Kier alpha value is -0.800. The van der Waals surface area contributed by atoms with Gasteiger partial charge in [-0.3, -0.25) is 0 Å². The molecule has 2 atom stereocenters.